The standard InChI is InChI=1S/C33H35N3O5S/c1-32(34,23-15-7-4-8-16-23)33(2,42-30(40)21-12-5-3-6-13-21)31(41)35-25-20-22-14-9-10-17-24(22)26-18-11-19-27(29(38)39)36(26)28(25)37/h3-10,12-17,25-27H,11,18-20,34H2,1-2H3,(H,35,41)(H,38,39)/t25-,26+,27-,32-,33-/m1/s1. The van der Waals surface area contributed by atoms with Crippen LogP contribution in [0.2, 0.25) is 0 Å². The van der Waals surface area contributed by atoms with Crippen molar-refractivity contribution in [1.82, 2.24) is 10.2 Å². The number of fused-ring (bicyclic) bond motifs is 3. The molecule has 0 bridgehead atoms. The van der Waals surface area contributed by atoms with Crippen LogP contribution in [0, 0.1) is 0 Å². The predicted octanol–water partition coefficient (Wildman–Crippen LogP) is 4.44. The number of rotatable bonds is 7. The molecule has 0 unspecified atom stereocenters. The van der Waals surface area contributed by atoms with Gasteiger partial charge in [-0.3, -0.25) is 14.4 Å². The molecule has 5 rings (SSSR count). The van der Waals surface area contributed by atoms with Crippen LogP contribution in [0.15, 0.2) is 84.9 Å². The highest BCUT2D eigenvalue weighted by Gasteiger charge is 2.53. The van der Waals surface area contributed by atoms with Crippen molar-refractivity contribution in [3.8, 4) is 0 Å². The molecule has 3 aromatic rings. The van der Waals surface area contributed by atoms with Gasteiger partial charge < -0.3 is 21.1 Å². The number of nitrogens with one attached hydrogen (secondary N) is 1. The van der Waals surface area contributed by atoms with Gasteiger partial charge in [-0.1, -0.05) is 96.7 Å². The second-order valence-electron chi connectivity index (χ2n) is 11.3. The number of hydrogen-bond donors (Lipinski definition) is 3. The lowest BCUT2D eigenvalue weighted by Gasteiger charge is -2.43. The summed E-state index contributed by atoms with van der Waals surface area (Å²) >= 11 is 0.824. The number of thioether (sulfide) groups is 1. The van der Waals surface area contributed by atoms with Gasteiger partial charge in [0.15, 0.2) is 0 Å². The number of hydrogen-bond acceptors (Lipinski definition) is 6. The van der Waals surface area contributed by atoms with Gasteiger partial charge in [-0.05, 0) is 49.8 Å². The molecule has 42 heavy (non-hydrogen) atoms. The number of nitrogens with two attached hydrogens (primary N) is 1. The number of carbonyl (C=O) groups is 4. The summed E-state index contributed by atoms with van der Waals surface area (Å²) in [5, 5.41) is 12.6. The van der Waals surface area contributed by atoms with E-state index in [2.05, 4.69) is 5.32 Å². The fraction of sp³-hybridized carbons (Fsp3) is 0.333. The average Bonchev–Trinajstić information content (AvgIpc) is 3.12. The van der Waals surface area contributed by atoms with Crippen molar-refractivity contribution in [2.75, 3.05) is 0 Å². The van der Waals surface area contributed by atoms with Crippen molar-refractivity contribution in [3.05, 3.63) is 107 Å². The molecule has 0 radical (unpaired) electrons. The fourth-order valence-corrected chi connectivity index (χ4v) is 7.17. The molecule has 1 fully saturated rings. The molecule has 2 amide bonds. The zero-order valence-corrected chi connectivity index (χ0v) is 24.5. The molecule has 8 nitrogen and oxygen atoms in total. The van der Waals surface area contributed by atoms with Gasteiger partial charge in [0.25, 0.3) is 0 Å². The normalized spacial score (nSPS) is 22.9. The molecule has 3 aromatic carbocycles. The van der Waals surface area contributed by atoms with E-state index < -0.39 is 46.2 Å². The maximum atomic E-state index is 14.4. The largest absolute Gasteiger partial charge is 0.480 e. The Kier molecular flexibility index (Phi) is 8.25. The number of carboxylic acids is 1. The third-order valence-corrected chi connectivity index (χ3v) is 10.2. The van der Waals surface area contributed by atoms with E-state index >= 15 is 0 Å². The van der Waals surface area contributed by atoms with E-state index in [0.717, 1.165) is 22.9 Å². The molecule has 9 heteroatoms. The number of carboxylic acid groups (broad SMARTS) is 1. The lowest BCUT2D eigenvalue weighted by molar-refractivity contribution is -0.156. The van der Waals surface area contributed by atoms with E-state index in [0.29, 0.717) is 30.4 Å². The van der Waals surface area contributed by atoms with Gasteiger partial charge in [-0.15, -0.1) is 0 Å². The molecule has 2 aliphatic rings. The second kappa shape index (κ2) is 11.7. The van der Waals surface area contributed by atoms with Gasteiger partial charge in [0.2, 0.25) is 16.9 Å². The van der Waals surface area contributed by atoms with Crippen LogP contribution in [0.1, 0.15) is 66.2 Å². The molecule has 0 spiro atoms. The highest BCUT2D eigenvalue weighted by Crippen LogP contribution is 2.44. The minimum Gasteiger partial charge on any atom is -0.480 e. The van der Waals surface area contributed by atoms with Crippen molar-refractivity contribution < 1.29 is 24.3 Å². The van der Waals surface area contributed by atoms with Gasteiger partial charge in [0.05, 0.1) is 11.6 Å². The van der Waals surface area contributed by atoms with Gasteiger partial charge in [0, 0.05) is 12.0 Å². The number of carbonyl (C=O) groups excluding carboxylic acids is 3. The topological polar surface area (TPSA) is 130 Å². The first-order valence-corrected chi connectivity index (χ1v) is 14.9. The van der Waals surface area contributed by atoms with Crippen LogP contribution < -0.4 is 11.1 Å². The third kappa shape index (κ3) is 5.34. The Labute approximate surface area is 249 Å². The lowest BCUT2D eigenvalue weighted by atomic mass is 9.80. The molecule has 2 heterocycles. The van der Waals surface area contributed by atoms with Crippen LogP contribution in [0.3, 0.4) is 0 Å². The highest BCUT2D eigenvalue weighted by molar-refractivity contribution is 8.16. The van der Waals surface area contributed by atoms with Crippen LogP contribution in [-0.2, 0) is 26.3 Å². The fourth-order valence-electron chi connectivity index (χ4n) is 6.06. The Morgan fingerprint density at radius 3 is 2.21 bits per heavy atom. The van der Waals surface area contributed by atoms with Crippen LogP contribution in [0.4, 0.5) is 0 Å². The van der Waals surface area contributed by atoms with Crippen molar-refractivity contribution in [1.29, 1.82) is 0 Å². The van der Waals surface area contributed by atoms with Gasteiger partial charge in [-0.25, -0.2) is 4.79 Å². The molecule has 2 aliphatic heterocycles. The van der Waals surface area contributed by atoms with Gasteiger partial charge in [-0.2, -0.15) is 0 Å². The number of amides is 2. The molecule has 218 valence electrons. The summed E-state index contributed by atoms with van der Waals surface area (Å²) in [6.45, 7) is 3.33. The molecule has 1 saturated heterocycles. The molecule has 4 N–H and O–H groups in total. The van der Waals surface area contributed by atoms with E-state index in [1.807, 2.05) is 54.6 Å². The first-order valence-electron chi connectivity index (χ1n) is 14.1. The van der Waals surface area contributed by atoms with Crippen LogP contribution >= 0.6 is 11.8 Å². The Balaban J connectivity index is 1.54. The maximum Gasteiger partial charge on any atom is 0.326 e. The first kappa shape index (κ1) is 29.5. The molecule has 0 saturated carbocycles. The maximum absolute atomic E-state index is 14.4. The van der Waals surface area contributed by atoms with Crippen LogP contribution in [0.5, 0.6) is 0 Å². The number of aliphatic carboxylic acids is 1. The Morgan fingerprint density at radius 1 is 0.929 bits per heavy atom. The summed E-state index contributed by atoms with van der Waals surface area (Å²) in [4.78, 5) is 55.8. The molecule has 5 atom stereocenters. The van der Waals surface area contributed by atoms with Crippen molar-refractivity contribution >= 4 is 34.7 Å². The van der Waals surface area contributed by atoms with Crippen molar-refractivity contribution in [3.63, 3.8) is 0 Å². The smallest absolute Gasteiger partial charge is 0.326 e. The second-order valence-corrected chi connectivity index (χ2v) is 12.7. The number of benzene rings is 3. The summed E-state index contributed by atoms with van der Waals surface area (Å²) in [6, 6.07) is 22.9. The van der Waals surface area contributed by atoms with Crippen molar-refractivity contribution in [2.45, 2.75) is 67.9 Å². The van der Waals surface area contributed by atoms with Crippen LogP contribution in [0.25, 0.3) is 0 Å². The molecular formula is C33H35N3O5S. The lowest BCUT2D eigenvalue weighted by Crippen LogP contribution is -2.64. The summed E-state index contributed by atoms with van der Waals surface area (Å²) in [7, 11) is 0. The van der Waals surface area contributed by atoms with Crippen molar-refractivity contribution in [2.24, 2.45) is 5.73 Å². The van der Waals surface area contributed by atoms with E-state index in [1.165, 1.54) is 4.90 Å². The minimum absolute atomic E-state index is 0.195. The Morgan fingerprint density at radius 2 is 1.55 bits per heavy atom. The zero-order chi connectivity index (χ0) is 30.1. The SMILES string of the molecule is C[C@@](SC(=O)c1ccccc1)(C(=O)N[C@@H]1Cc2ccccc2[C@@H]2CCC[C@H](C(=O)O)N2C1=O)[C@](C)(N)c1ccccc1. The third-order valence-electron chi connectivity index (χ3n) is 8.71. The summed E-state index contributed by atoms with van der Waals surface area (Å²) in [5.74, 6) is -2.09. The van der Waals surface area contributed by atoms with E-state index in [-0.39, 0.29) is 11.5 Å². The van der Waals surface area contributed by atoms with Crippen LogP contribution in [-0.4, -0.2) is 49.7 Å². The first-order chi connectivity index (χ1) is 20.0. The number of piperidine rings is 1. The number of nitrogens with zero attached hydrogens (tertiary/aromatic N) is 1. The van der Waals surface area contributed by atoms with E-state index in [4.69, 9.17) is 5.73 Å². The van der Waals surface area contributed by atoms with Gasteiger partial charge in [0.1, 0.15) is 16.8 Å². The predicted molar refractivity (Wildman–Crippen MR) is 162 cm³/mol. The summed E-state index contributed by atoms with van der Waals surface area (Å²) in [5.41, 5.74) is 8.46. The zero-order valence-electron chi connectivity index (χ0n) is 23.7. The van der Waals surface area contributed by atoms with Gasteiger partial charge >= 0.3 is 5.97 Å². The quantitative estimate of drug-likeness (QED) is 0.374. The van der Waals surface area contributed by atoms with E-state index in [9.17, 15) is 24.3 Å². The summed E-state index contributed by atoms with van der Waals surface area (Å²) < 4.78 is -1.55. The molecular weight excluding hydrogens is 550 g/mol. The minimum atomic E-state index is -1.55. The average molecular weight is 586 g/mol. The molecule has 0 aromatic heterocycles. The van der Waals surface area contributed by atoms with E-state index in [1.54, 1.807) is 44.2 Å². The Bertz CT molecular complexity index is 1500. The summed E-state index contributed by atoms with van der Waals surface area (Å²) in [6.07, 6.45) is 1.85. The molecule has 0 aliphatic carbocycles. The monoisotopic (exact) mass is 585 g/mol. The Hall–Kier alpha value is -3.95. The highest BCUT2D eigenvalue weighted by atomic mass is 32.2.